The number of nitrogens with zero attached hydrogens (tertiary/aromatic N) is 3. The van der Waals surface area contributed by atoms with E-state index in [4.69, 9.17) is 5.73 Å². The standard InChI is InChI=1S/C26H23F2N5/c1-33-15-19(14-31-33)16-2-7-26(30-13-16)24(12-29)18-8-17(9-22(10-18)32-21-4-5-21)23-6-3-20(27)11-25(23)28/h2-3,6-15,21,32H,4-5,29H2,1H3. The molecule has 0 bridgehead atoms. The van der Waals surface area contributed by atoms with Crippen molar-refractivity contribution < 1.29 is 8.78 Å². The van der Waals surface area contributed by atoms with Crippen molar-refractivity contribution in [3.63, 3.8) is 0 Å². The van der Waals surface area contributed by atoms with E-state index in [-0.39, 0.29) is 0 Å². The molecule has 0 aliphatic heterocycles. The van der Waals surface area contributed by atoms with Gasteiger partial charge in [-0.2, -0.15) is 5.10 Å². The number of nitrogens with one attached hydrogen (secondary N) is 1. The van der Waals surface area contributed by atoms with Crippen LogP contribution in [0.1, 0.15) is 24.1 Å². The van der Waals surface area contributed by atoms with Crippen LogP contribution in [0, 0.1) is 11.6 Å². The van der Waals surface area contributed by atoms with Gasteiger partial charge in [-0.3, -0.25) is 9.67 Å². The molecule has 5 rings (SSSR count). The minimum absolute atomic E-state index is 0.327. The number of benzene rings is 2. The van der Waals surface area contributed by atoms with E-state index in [0.717, 1.165) is 46.9 Å². The van der Waals surface area contributed by atoms with Gasteiger partial charge in [0.1, 0.15) is 11.6 Å². The van der Waals surface area contributed by atoms with Crippen molar-refractivity contribution in [2.75, 3.05) is 5.32 Å². The zero-order chi connectivity index (χ0) is 22.9. The lowest BCUT2D eigenvalue weighted by molar-refractivity contribution is 0.585. The second-order valence-corrected chi connectivity index (χ2v) is 8.26. The van der Waals surface area contributed by atoms with Gasteiger partial charge in [-0.1, -0.05) is 6.07 Å². The van der Waals surface area contributed by atoms with Gasteiger partial charge >= 0.3 is 0 Å². The number of aromatic nitrogens is 3. The number of halogens is 2. The normalized spacial score (nSPS) is 13.8. The molecule has 0 amide bonds. The van der Waals surface area contributed by atoms with Crippen molar-refractivity contribution in [3.05, 3.63) is 96.2 Å². The quantitative estimate of drug-likeness (QED) is 0.422. The number of rotatable bonds is 6. The third-order valence-corrected chi connectivity index (χ3v) is 5.68. The van der Waals surface area contributed by atoms with Crippen molar-refractivity contribution in [2.45, 2.75) is 18.9 Å². The molecule has 1 aliphatic carbocycles. The third kappa shape index (κ3) is 4.48. The Balaban J connectivity index is 1.54. The van der Waals surface area contributed by atoms with Gasteiger partial charge in [-0.25, -0.2) is 8.78 Å². The van der Waals surface area contributed by atoms with E-state index >= 15 is 0 Å². The van der Waals surface area contributed by atoms with Gasteiger partial charge in [0.2, 0.25) is 0 Å². The Morgan fingerprint density at radius 2 is 1.88 bits per heavy atom. The highest BCUT2D eigenvalue weighted by atomic mass is 19.1. The highest BCUT2D eigenvalue weighted by Crippen LogP contribution is 2.34. The highest BCUT2D eigenvalue weighted by Gasteiger charge is 2.22. The summed E-state index contributed by atoms with van der Waals surface area (Å²) >= 11 is 0. The van der Waals surface area contributed by atoms with Crippen molar-refractivity contribution in [1.29, 1.82) is 0 Å². The summed E-state index contributed by atoms with van der Waals surface area (Å²) in [4.78, 5) is 4.62. The van der Waals surface area contributed by atoms with E-state index in [1.54, 1.807) is 17.1 Å². The largest absolute Gasteiger partial charge is 0.404 e. The summed E-state index contributed by atoms with van der Waals surface area (Å²) in [6.07, 6.45) is 9.19. The van der Waals surface area contributed by atoms with Crippen LogP contribution in [0.4, 0.5) is 14.5 Å². The van der Waals surface area contributed by atoms with Crippen LogP contribution in [0.5, 0.6) is 0 Å². The molecule has 7 heteroatoms. The van der Waals surface area contributed by atoms with Crippen LogP contribution in [0.15, 0.2) is 73.3 Å². The minimum atomic E-state index is -0.609. The van der Waals surface area contributed by atoms with Gasteiger partial charge in [0, 0.05) is 65.7 Å². The molecule has 33 heavy (non-hydrogen) atoms. The molecule has 2 heterocycles. The Labute approximate surface area is 190 Å². The van der Waals surface area contributed by atoms with E-state index in [0.29, 0.717) is 22.9 Å². The maximum Gasteiger partial charge on any atom is 0.133 e. The smallest absolute Gasteiger partial charge is 0.133 e. The minimum Gasteiger partial charge on any atom is -0.404 e. The fourth-order valence-corrected chi connectivity index (χ4v) is 3.83. The summed E-state index contributed by atoms with van der Waals surface area (Å²) in [6.45, 7) is 0. The average molecular weight is 444 g/mol. The lowest BCUT2D eigenvalue weighted by Gasteiger charge is -2.14. The van der Waals surface area contributed by atoms with E-state index in [2.05, 4.69) is 15.4 Å². The number of anilines is 1. The van der Waals surface area contributed by atoms with Crippen LogP contribution in [0.3, 0.4) is 0 Å². The van der Waals surface area contributed by atoms with Crippen LogP contribution in [-0.2, 0) is 7.05 Å². The van der Waals surface area contributed by atoms with E-state index in [9.17, 15) is 8.78 Å². The van der Waals surface area contributed by atoms with Crippen molar-refractivity contribution in [3.8, 4) is 22.3 Å². The fraction of sp³-hybridized carbons (Fsp3) is 0.154. The molecule has 2 aromatic carbocycles. The van der Waals surface area contributed by atoms with E-state index < -0.39 is 11.6 Å². The molecule has 0 spiro atoms. The van der Waals surface area contributed by atoms with Gasteiger partial charge in [0.25, 0.3) is 0 Å². The lowest BCUT2D eigenvalue weighted by atomic mass is 9.96. The van der Waals surface area contributed by atoms with Crippen molar-refractivity contribution >= 4 is 11.3 Å². The van der Waals surface area contributed by atoms with Crippen LogP contribution in [-0.4, -0.2) is 20.8 Å². The summed E-state index contributed by atoms with van der Waals surface area (Å²) in [5, 5.41) is 7.67. The van der Waals surface area contributed by atoms with Crippen molar-refractivity contribution in [2.24, 2.45) is 12.8 Å². The number of aryl methyl sites for hydroxylation is 1. The first-order chi connectivity index (χ1) is 16.0. The number of hydrogen-bond donors (Lipinski definition) is 2. The molecule has 3 N–H and O–H groups in total. The lowest BCUT2D eigenvalue weighted by Crippen LogP contribution is -2.03. The van der Waals surface area contributed by atoms with Gasteiger partial charge in [0.15, 0.2) is 0 Å². The Bertz CT molecular complexity index is 1340. The second-order valence-electron chi connectivity index (χ2n) is 8.26. The Kier molecular flexibility index (Phi) is 5.38. The Hall–Kier alpha value is -4.00. The first kappa shape index (κ1) is 20.9. The van der Waals surface area contributed by atoms with E-state index in [1.807, 2.05) is 43.6 Å². The van der Waals surface area contributed by atoms with Crippen LogP contribution in [0.25, 0.3) is 27.8 Å². The van der Waals surface area contributed by atoms with Crippen LogP contribution in [0.2, 0.25) is 0 Å². The maximum absolute atomic E-state index is 14.6. The van der Waals surface area contributed by atoms with Gasteiger partial charge in [0.05, 0.1) is 11.9 Å². The molecular formula is C26H23F2N5. The summed E-state index contributed by atoms with van der Waals surface area (Å²) < 4.78 is 29.8. The van der Waals surface area contributed by atoms with Gasteiger partial charge < -0.3 is 11.1 Å². The molecule has 166 valence electrons. The maximum atomic E-state index is 14.6. The SMILES string of the molecule is Cn1cc(-c2ccc(C(=CN)c3cc(NC4CC4)cc(-c4ccc(F)cc4F)c3)nc2)cn1. The topological polar surface area (TPSA) is 68.8 Å². The molecule has 5 nitrogen and oxygen atoms in total. The average Bonchev–Trinajstić information content (AvgIpc) is 3.51. The first-order valence-electron chi connectivity index (χ1n) is 10.7. The van der Waals surface area contributed by atoms with Crippen LogP contribution >= 0.6 is 0 Å². The third-order valence-electron chi connectivity index (χ3n) is 5.68. The molecule has 0 unspecified atom stereocenters. The highest BCUT2D eigenvalue weighted by molar-refractivity contribution is 5.83. The van der Waals surface area contributed by atoms with Gasteiger partial charge in [-0.15, -0.1) is 0 Å². The zero-order valence-corrected chi connectivity index (χ0v) is 18.1. The predicted molar refractivity (Wildman–Crippen MR) is 126 cm³/mol. The number of hydrogen-bond acceptors (Lipinski definition) is 4. The first-order valence-corrected chi connectivity index (χ1v) is 10.7. The molecule has 0 saturated heterocycles. The van der Waals surface area contributed by atoms with Gasteiger partial charge in [-0.05, 0) is 60.4 Å². The zero-order valence-electron chi connectivity index (χ0n) is 18.1. The molecule has 1 saturated carbocycles. The van der Waals surface area contributed by atoms with Crippen LogP contribution < -0.4 is 11.1 Å². The monoisotopic (exact) mass is 443 g/mol. The van der Waals surface area contributed by atoms with E-state index in [1.165, 1.54) is 18.3 Å². The summed E-state index contributed by atoms with van der Waals surface area (Å²) in [5.41, 5.74) is 12.0. The summed E-state index contributed by atoms with van der Waals surface area (Å²) in [5.74, 6) is -1.22. The molecule has 4 aromatic rings. The molecule has 2 aromatic heterocycles. The second kappa shape index (κ2) is 8.50. The van der Waals surface area contributed by atoms with Crippen molar-refractivity contribution in [1.82, 2.24) is 14.8 Å². The Morgan fingerprint density at radius 1 is 1.03 bits per heavy atom. The summed E-state index contributed by atoms with van der Waals surface area (Å²) in [6, 6.07) is 13.6. The predicted octanol–water partition coefficient (Wildman–Crippen LogP) is 5.35. The Morgan fingerprint density at radius 3 is 2.52 bits per heavy atom. The molecule has 1 fully saturated rings. The molecule has 0 radical (unpaired) electrons. The number of pyridine rings is 1. The summed E-state index contributed by atoms with van der Waals surface area (Å²) in [7, 11) is 1.87. The number of nitrogens with two attached hydrogens (primary N) is 1. The molecule has 0 atom stereocenters. The molecule has 1 aliphatic rings. The molecular weight excluding hydrogens is 420 g/mol. The fourth-order valence-electron chi connectivity index (χ4n) is 3.83.